The summed E-state index contributed by atoms with van der Waals surface area (Å²) in [5, 5.41) is 3.80. The molecular weight excluding hydrogens is 408 g/mol. The number of pyridine rings is 1. The van der Waals surface area contributed by atoms with E-state index in [4.69, 9.17) is 0 Å². The molecule has 2 heterocycles. The second-order valence-corrected chi connectivity index (χ2v) is 9.34. The van der Waals surface area contributed by atoms with Crippen LogP contribution in [0, 0.1) is 11.6 Å². The van der Waals surface area contributed by atoms with E-state index in [2.05, 4.69) is 22.1 Å². The molecule has 1 aliphatic heterocycles. The van der Waals surface area contributed by atoms with Crippen molar-refractivity contribution in [2.75, 3.05) is 25.0 Å². The van der Waals surface area contributed by atoms with Crippen molar-refractivity contribution in [3.63, 3.8) is 0 Å². The Morgan fingerprint density at radius 2 is 1.97 bits per heavy atom. The molecule has 30 heavy (non-hydrogen) atoms. The number of rotatable bonds is 6. The molecule has 0 aliphatic carbocycles. The lowest BCUT2D eigenvalue weighted by atomic mass is 10.1. The van der Waals surface area contributed by atoms with Crippen LogP contribution in [0.5, 0.6) is 0 Å². The van der Waals surface area contributed by atoms with Crippen LogP contribution >= 0.6 is 0 Å². The topological polar surface area (TPSA) is 62.3 Å². The van der Waals surface area contributed by atoms with Crippen LogP contribution < -0.4 is 5.32 Å². The molecule has 1 fully saturated rings. The molecule has 1 saturated heterocycles. The van der Waals surface area contributed by atoms with Crippen LogP contribution in [0.1, 0.15) is 19.8 Å². The van der Waals surface area contributed by atoms with E-state index in [0.29, 0.717) is 23.1 Å². The highest BCUT2D eigenvalue weighted by Crippen LogP contribution is 2.34. The number of aromatic nitrogens is 1. The predicted octanol–water partition coefficient (Wildman–Crippen LogP) is 4.24. The van der Waals surface area contributed by atoms with Gasteiger partial charge < -0.3 is 5.32 Å². The first-order valence-electron chi connectivity index (χ1n) is 9.97. The molecule has 2 aromatic carbocycles. The number of nitrogens with one attached hydrogen (secondary N) is 1. The normalized spacial score (nSPS) is 17.5. The largest absolute Gasteiger partial charge is 0.382 e. The van der Waals surface area contributed by atoms with Gasteiger partial charge in [-0.3, -0.25) is 9.88 Å². The number of hydrogen-bond acceptors (Lipinski definition) is 5. The van der Waals surface area contributed by atoms with E-state index < -0.39 is 21.5 Å². The van der Waals surface area contributed by atoms with Crippen LogP contribution in [0.2, 0.25) is 0 Å². The maximum absolute atomic E-state index is 13.7. The average Bonchev–Trinajstić information content (AvgIpc) is 3.19. The van der Waals surface area contributed by atoms with Gasteiger partial charge >= 0.3 is 0 Å². The number of likely N-dealkylation sites (N-methyl/N-ethyl adjacent to an activating group) is 1. The fraction of sp³-hybridized carbons (Fsp3) is 0.318. The zero-order valence-corrected chi connectivity index (χ0v) is 17.4. The molecular formula is C22H23F2N3O2S. The molecule has 0 unspecified atom stereocenters. The van der Waals surface area contributed by atoms with Crippen molar-refractivity contribution in [3.8, 4) is 0 Å². The fourth-order valence-electron chi connectivity index (χ4n) is 4.06. The van der Waals surface area contributed by atoms with Crippen molar-refractivity contribution < 1.29 is 17.2 Å². The van der Waals surface area contributed by atoms with E-state index in [-0.39, 0.29) is 15.8 Å². The molecule has 1 aliphatic rings. The summed E-state index contributed by atoms with van der Waals surface area (Å²) in [4.78, 5) is 6.31. The summed E-state index contributed by atoms with van der Waals surface area (Å²) in [6.07, 6.45) is 3.33. The van der Waals surface area contributed by atoms with Crippen molar-refractivity contribution >= 4 is 26.4 Å². The number of halogens is 2. The van der Waals surface area contributed by atoms with E-state index >= 15 is 0 Å². The molecule has 0 radical (unpaired) electrons. The van der Waals surface area contributed by atoms with E-state index in [1.54, 1.807) is 0 Å². The molecule has 3 aromatic rings. The zero-order chi connectivity index (χ0) is 21.3. The maximum atomic E-state index is 13.7. The van der Waals surface area contributed by atoms with Crippen molar-refractivity contribution in [1.82, 2.24) is 9.88 Å². The van der Waals surface area contributed by atoms with E-state index in [9.17, 15) is 17.2 Å². The van der Waals surface area contributed by atoms with Gasteiger partial charge in [-0.2, -0.15) is 0 Å². The summed E-state index contributed by atoms with van der Waals surface area (Å²) < 4.78 is 54.0. The summed E-state index contributed by atoms with van der Waals surface area (Å²) in [6.45, 7) is 4.58. The third-order valence-corrected chi connectivity index (χ3v) is 7.38. The molecule has 1 aromatic heterocycles. The maximum Gasteiger partial charge on any atom is 0.210 e. The average molecular weight is 432 g/mol. The minimum atomic E-state index is -4.03. The highest BCUT2D eigenvalue weighted by Gasteiger charge is 2.27. The van der Waals surface area contributed by atoms with Crippen molar-refractivity contribution in [2.24, 2.45) is 0 Å². The number of fused-ring (bicyclic) bond motifs is 1. The van der Waals surface area contributed by atoms with Gasteiger partial charge in [-0.05, 0) is 56.3 Å². The summed E-state index contributed by atoms with van der Waals surface area (Å²) in [6, 6.07) is 9.25. The summed E-state index contributed by atoms with van der Waals surface area (Å²) >= 11 is 0. The number of benzene rings is 2. The van der Waals surface area contributed by atoms with Gasteiger partial charge in [-0.25, -0.2) is 17.2 Å². The fourth-order valence-corrected chi connectivity index (χ4v) is 5.48. The monoisotopic (exact) mass is 431 g/mol. The molecule has 0 spiro atoms. The van der Waals surface area contributed by atoms with Crippen LogP contribution in [-0.2, 0) is 9.84 Å². The van der Waals surface area contributed by atoms with Gasteiger partial charge in [0.15, 0.2) is 0 Å². The standard InChI is InChI=1S/C22H23F2N3O2S/c1-2-27-10-4-6-17(27)13-26-22-19-9-8-16(24)12-20(19)25-14-21(22)30(28,29)18-7-3-5-15(23)11-18/h3,5,7-9,11-12,14,17H,2,4,6,10,13H2,1H3,(H,25,26)/t17-/m1/s1. The van der Waals surface area contributed by atoms with Crippen LogP contribution in [0.15, 0.2) is 58.5 Å². The van der Waals surface area contributed by atoms with E-state index in [0.717, 1.165) is 32.0 Å². The van der Waals surface area contributed by atoms with Crippen LogP contribution in [0.25, 0.3) is 10.9 Å². The first kappa shape index (κ1) is 20.7. The van der Waals surface area contributed by atoms with Gasteiger partial charge in [0, 0.05) is 30.2 Å². The summed E-state index contributed by atoms with van der Waals surface area (Å²) in [7, 11) is -4.03. The Morgan fingerprint density at radius 3 is 2.73 bits per heavy atom. The number of likely N-dealkylation sites (tertiary alicyclic amines) is 1. The van der Waals surface area contributed by atoms with Crippen LogP contribution in [-0.4, -0.2) is 44.0 Å². The molecule has 0 bridgehead atoms. The Balaban J connectivity index is 1.81. The Kier molecular flexibility index (Phi) is 5.71. The van der Waals surface area contributed by atoms with Gasteiger partial charge in [-0.1, -0.05) is 13.0 Å². The van der Waals surface area contributed by atoms with E-state index in [1.807, 2.05) is 0 Å². The Labute approximate surface area is 174 Å². The summed E-state index contributed by atoms with van der Waals surface area (Å²) in [5.74, 6) is -1.08. The SMILES string of the molecule is CCN1CCC[C@@H]1CNc1c(S(=O)(=O)c2cccc(F)c2)cnc2cc(F)ccc12. The van der Waals surface area contributed by atoms with Crippen molar-refractivity contribution in [2.45, 2.75) is 35.6 Å². The second kappa shape index (κ2) is 8.28. The van der Waals surface area contributed by atoms with Crippen LogP contribution in [0.3, 0.4) is 0 Å². The third kappa shape index (κ3) is 3.89. The minimum absolute atomic E-state index is 0.0479. The van der Waals surface area contributed by atoms with Gasteiger partial charge in [-0.15, -0.1) is 0 Å². The first-order valence-corrected chi connectivity index (χ1v) is 11.5. The third-order valence-electron chi connectivity index (χ3n) is 5.61. The highest BCUT2D eigenvalue weighted by atomic mass is 32.2. The summed E-state index contributed by atoms with van der Waals surface area (Å²) in [5.41, 5.74) is 0.724. The first-order chi connectivity index (χ1) is 14.4. The van der Waals surface area contributed by atoms with Crippen molar-refractivity contribution in [1.29, 1.82) is 0 Å². The Hall–Kier alpha value is -2.58. The quantitative estimate of drug-likeness (QED) is 0.633. The molecule has 0 amide bonds. The number of nitrogens with zero attached hydrogens (tertiary/aromatic N) is 2. The molecule has 4 rings (SSSR count). The highest BCUT2D eigenvalue weighted by molar-refractivity contribution is 7.91. The smallest absolute Gasteiger partial charge is 0.210 e. The Bertz CT molecular complexity index is 1180. The molecule has 8 heteroatoms. The van der Waals surface area contributed by atoms with Crippen molar-refractivity contribution in [3.05, 3.63) is 60.3 Å². The minimum Gasteiger partial charge on any atom is -0.382 e. The van der Waals surface area contributed by atoms with Gasteiger partial charge in [0.2, 0.25) is 9.84 Å². The molecule has 1 N–H and O–H groups in total. The van der Waals surface area contributed by atoms with Gasteiger partial charge in [0.25, 0.3) is 0 Å². The molecule has 1 atom stereocenters. The lowest BCUT2D eigenvalue weighted by molar-refractivity contribution is 0.277. The number of hydrogen-bond donors (Lipinski definition) is 1. The number of sulfone groups is 1. The molecule has 5 nitrogen and oxygen atoms in total. The Morgan fingerprint density at radius 1 is 1.17 bits per heavy atom. The van der Waals surface area contributed by atoms with E-state index in [1.165, 1.54) is 42.6 Å². The second-order valence-electron chi connectivity index (χ2n) is 7.43. The molecule has 0 saturated carbocycles. The van der Waals surface area contributed by atoms with Gasteiger partial charge in [0.1, 0.15) is 16.5 Å². The van der Waals surface area contributed by atoms with Crippen LogP contribution in [0.4, 0.5) is 14.5 Å². The lowest BCUT2D eigenvalue weighted by Gasteiger charge is -2.24. The predicted molar refractivity (Wildman–Crippen MR) is 112 cm³/mol. The molecule has 158 valence electrons. The van der Waals surface area contributed by atoms with Gasteiger partial charge in [0.05, 0.1) is 16.1 Å². The lowest BCUT2D eigenvalue weighted by Crippen LogP contribution is -2.34. The zero-order valence-electron chi connectivity index (χ0n) is 16.6. The number of anilines is 1.